The summed E-state index contributed by atoms with van der Waals surface area (Å²) in [5.41, 5.74) is 1.99. The quantitative estimate of drug-likeness (QED) is 0.605. The summed E-state index contributed by atoms with van der Waals surface area (Å²) in [7, 11) is 6.38. The number of methoxy groups -OCH3 is 4. The topological polar surface area (TPSA) is 82.2 Å². The molecule has 1 fully saturated rings. The van der Waals surface area contributed by atoms with E-state index in [9.17, 15) is 4.79 Å². The molecule has 0 bridgehead atoms. The molecule has 0 radical (unpaired) electrons. The smallest absolute Gasteiger partial charge is 0.246 e. The van der Waals surface area contributed by atoms with Crippen LogP contribution in [-0.4, -0.2) is 63.9 Å². The predicted octanol–water partition coefficient (Wildman–Crippen LogP) is 2.82. The average molecular weight is 444 g/mol. The van der Waals surface area contributed by atoms with E-state index >= 15 is 0 Å². The molecule has 32 heavy (non-hydrogen) atoms. The fourth-order valence-electron chi connectivity index (χ4n) is 4.27. The molecule has 0 saturated carbocycles. The Bertz CT molecular complexity index is 844. The van der Waals surface area contributed by atoms with E-state index in [1.165, 1.54) is 7.11 Å². The normalized spacial score (nSPS) is 15.8. The van der Waals surface area contributed by atoms with Gasteiger partial charge in [-0.1, -0.05) is 6.07 Å². The molecule has 1 amide bonds. The van der Waals surface area contributed by atoms with Gasteiger partial charge < -0.3 is 24.3 Å². The van der Waals surface area contributed by atoms with Gasteiger partial charge in [0.05, 0.1) is 33.1 Å². The fraction of sp³-hybridized carbons (Fsp3) is 0.500. The number of rotatable bonds is 10. The number of pyridine rings is 1. The summed E-state index contributed by atoms with van der Waals surface area (Å²) in [6.07, 6.45) is 3.68. The molecular formula is C24H33N3O5. The minimum atomic E-state index is -0.123. The first kappa shape index (κ1) is 23.8. The highest BCUT2D eigenvalue weighted by Crippen LogP contribution is 2.39. The standard InChI is InChI=1S/C24H33N3O5/c1-29-16-22(28)26-23(19-7-5-6-10-25-19)18-8-11-27(12-9-18)15-17-13-20(30-2)24(32-4)21(14-17)31-3/h5-7,10,13-14,18,23H,8-9,11-12,15-16H2,1-4H3,(H,26,28). The van der Waals surface area contributed by atoms with E-state index in [0.29, 0.717) is 23.2 Å². The van der Waals surface area contributed by atoms with Crippen LogP contribution in [0.3, 0.4) is 0 Å². The third-order valence-electron chi connectivity index (χ3n) is 5.83. The van der Waals surface area contributed by atoms with E-state index in [2.05, 4.69) is 15.2 Å². The lowest BCUT2D eigenvalue weighted by molar-refractivity contribution is -0.126. The third-order valence-corrected chi connectivity index (χ3v) is 5.83. The Labute approximate surface area is 189 Å². The minimum absolute atomic E-state index is 0.0450. The number of carbonyl (C=O) groups excluding carboxylic acids is 1. The molecule has 0 aliphatic carbocycles. The van der Waals surface area contributed by atoms with Crippen LogP contribution >= 0.6 is 0 Å². The van der Waals surface area contributed by atoms with Crippen molar-refractivity contribution in [3.8, 4) is 17.2 Å². The number of carbonyl (C=O) groups is 1. The molecule has 2 heterocycles. The maximum Gasteiger partial charge on any atom is 0.246 e. The molecule has 1 aliphatic rings. The van der Waals surface area contributed by atoms with Gasteiger partial charge in [0.2, 0.25) is 11.7 Å². The van der Waals surface area contributed by atoms with Crippen LogP contribution in [0.25, 0.3) is 0 Å². The zero-order valence-corrected chi connectivity index (χ0v) is 19.3. The summed E-state index contributed by atoms with van der Waals surface area (Å²) in [6.45, 7) is 2.67. The molecule has 1 N–H and O–H groups in total. The predicted molar refractivity (Wildman–Crippen MR) is 121 cm³/mol. The molecule has 8 nitrogen and oxygen atoms in total. The summed E-state index contributed by atoms with van der Waals surface area (Å²) >= 11 is 0. The van der Waals surface area contributed by atoms with Crippen molar-refractivity contribution in [1.29, 1.82) is 0 Å². The van der Waals surface area contributed by atoms with Gasteiger partial charge in [-0.15, -0.1) is 0 Å². The second kappa shape index (κ2) is 11.7. The molecule has 2 aromatic rings. The number of nitrogens with zero attached hydrogens (tertiary/aromatic N) is 2. The van der Waals surface area contributed by atoms with Gasteiger partial charge in [0.1, 0.15) is 6.61 Å². The van der Waals surface area contributed by atoms with E-state index in [1.54, 1.807) is 27.5 Å². The Kier molecular flexibility index (Phi) is 8.70. The molecule has 1 saturated heterocycles. The number of aromatic nitrogens is 1. The lowest BCUT2D eigenvalue weighted by atomic mass is 9.87. The molecule has 1 aromatic carbocycles. The summed E-state index contributed by atoms with van der Waals surface area (Å²) < 4.78 is 21.4. The van der Waals surface area contributed by atoms with Crippen molar-refractivity contribution in [3.05, 3.63) is 47.8 Å². The van der Waals surface area contributed by atoms with Gasteiger partial charge in [-0.2, -0.15) is 0 Å². The van der Waals surface area contributed by atoms with E-state index in [4.69, 9.17) is 18.9 Å². The summed E-state index contributed by atoms with van der Waals surface area (Å²) in [4.78, 5) is 19.1. The fourth-order valence-corrected chi connectivity index (χ4v) is 4.27. The average Bonchev–Trinajstić information content (AvgIpc) is 2.83. The number of amides is 1. The number of benzene rings is 1. The van der Waals surface area contributed by atoms with E-state index in [0.717, 1.165) is 43.7 Å². The van der Waals surface area contributed by atoms with E-state index in [-0.39, 0.29) is 18.6 Å². The lowest BCUT2D eigenvalue weighted by Crippen LogP contribution is -2.41. The first-order chi connectivity index (χ1) is 15.6. The lowest BCUT2D eigenvalue weighted by Gasteiger charge is -2.36. The molecule has 0 spiro atoms. The van der Waals surface area contributed by atoms with E-state index < -0.39 is 0 Å². The van der Waals surface area contributed by atoms with E-state index in [1.807, 2.05) is 30.3 Å². The Morgan fingerprint density at radius 2 is 1.78 bits per heavy atom. The second-order valence-electron chi connectivity index (χ2n) is 7.88. The van der Waals surface area contributed by atoms with Crippen molar-refractivity contribution in [2.75, 3.05) is 48.1 Å². The summed E-state index contributed by atoms with van der Waals surface area (Å²) in [6, 6.07) is 9.68. The molecule has 1 aromatic heterocycles. The molecule has 8 heteroatoms. The van der Waals surface area contributed by atoms with Gasteiger partial charge in [0.15, 0.2) is 11.5 Å². The van der Waals surface area contributed by atoms with Crippen molar-refractivity contribution in [1.82, 2.24) is 15.2 Å². The van der Waals surface area contributed by atoms with Crippen LogP contribution in [0.2, 0.25) is 0 Å². The molecule has 1 unspecified atom stereocenters. The molecule has 1 aliphatic heterocycles. The van der Waals surface area contributed by atoms with Gasteiger partial charge in [0.25, 0.3) is 0 Å². The van der Waals surface area contributed by atoms with Crippen molar-refractivity contribution in [2.24, 2.45) is 5.92 Å². The van der Waals surface area contributed by atoms with Crippen LogP contribution in [0.4, 0.5) is 0 Å². The van der Waals surface area contributed by atoms with Crippen molar-refractivity contribution in [2.45, 2.75) is 25.4 Å². The number of nitrogens with one attached hydrogen (secondary N) is 1. The Morgan fingerprint density at radius 3 is 2.31 bits per heavy atom. The zero-order chi connectivity index (χ0) is 22.9. The Balaban J connectivity index is 1.67. The van der Waals surface area contributed by atoms with Crippen LogP contribution in [-0.2, 0) is 16.1 Å². The van der Waals surface area contributed by atoms with Crippen LogP contribution in [0.15, 0.2) is 36.5 Å². The van der Waals surface area contributed by atoms with Gasteiger partial charge in [-0.3, -0.25) is 14.7 Å². The first-order valence-corrected chi connectivity index (χ1v) is 10.8. The van der Waals surface area contributed by atoms with Crippen LogP contribution in [0.5, 0.6) is 17.2 Å². The van der Waals surface area contributed by atoms with Gasteiger partial charge in [-0.25, -0.2) is 0 Å². The van der Waals surface area contributed by atoms with Crippen molar-refractivity contribution >= 4 is 5.91 Å². The first-order valence-electron chi connectivity index (χ1n) is 10.8. The zero-order valence-electron chi connectivity index (χ0n) is 19.3. The van der Waals surface area contributed by atoms with Gasteiger partial charge in [0, 0.05) is 19.9 Å². The summed E-state index contributed by atoms with van der Waals surface area (Å²) in [5.74, 6) is 2.10. The monoisotopic (exact) mass is 443 g/mol. The SMILES string of the molecule is COCC(=O)NC(c1ccccn1)C1CCN(Cc2cc(OC)c(OC)c(OC)c2)CC1. The van der Waals surface area contributed by atoms with Gasteiger partial charge >= 0.3 is 0 Å². The molecule has 3 rings (SSSR count). The number of hydrogen-bond acceptors (Lipinski definition) is 7. The highest BCUT2D eigenvalue weighted by atomic mass is 16.5. The highest BCUT2D eigenvalue weighted by Gasteiger charge is 2.30. The maximum absolute atomic E-state index is 12.2. The van der Waals surface area contributed by atoms with Crippen LogP contribution < -0.4 is 19.5 Å². The van der Waals surface area contributed by atoms with Gasteiger partial charge in [-0.05, 0) is 61.7 Å². The molecular weight excluding hydrogens is 410 g/mol. The second-order valence-corrected chi connectivity index (χ2v) is 7.88. The number of likely N-dealkylation sites (tertiary alicyclic amines) is 1. The summed E-state index contributed by atoms with van der Waals surface area (Å²) in [5, 5.41) is 3.12. The highest BCUT2D eigenvalue weighted by molar-refractivity contribution is 5.77. The minimum Gasteiger partial charge on any atom is -0.493 e. The largest absolute Gasteiger partial charge is 0.493 e. The van der Waals surface area contributed by atoms with Crippen molar-refractivity contribution in [3.63, 3.8) is 0 Å². The maximum atomic E-state index is 12.2. The number of ether oxygens (including phenoxy) is 4. The molecule has 1 atom stereocenters. The van der Waals surface area contributed by atoms with Crippen LogP contribution in [0, 0.1) is 5.92 Å². The number of piperidine rings is 1. The van der Waals surface area contributed by atoms with Crippen molar-refractivity contribution < 1.29 is 23.7 Å². The Hall–Kier alpha value is -2.84. The van der Waals surface area contributed by atoms with Crippen LogP contribution in [0.1, 0.15) is 30.1 Å². The Morgan fingerprint density at radius 1 is 1.09 bits per heavy atom. The number of hydrogen-bond donors (Lipinski definition) is 1. The molecule has 174 valence electrons. The third kappa shape index (κ3) is 5.89.